The molecule has 1 unspecified atom stereocenters. The smallest absolute Gasteiger partial charge is 0.129 e. The zero-order valence-corrected chi connectivity index (χ0v) is 10.9. The molecule has 96 valence electrons. The Morgan fingerprint density at radius 1 is 1.50 bits per heavy atom. The lowest BCUT2D eigenvalue weighted by atomic mass is 10.0. The molecule has 1 aromatic heterocycles. The summed E-state index contributed by atoms with van der Waals surface area (Å²) in [5, 5.41) is 4.53. The molecule has 0 aliphatic carbocycles. The maximum Gasteiger partial charge on any atom is 0.129 e. The highest BCUT2D eigenvalue weighted by atomic mass is 35.5. The third-order valence-electron chi connectivity index (χ3n) is 2.84. The lowest BCUT2D eigenvalue weighted by Gasteiger charge is -2.13. The van der Waals surface area contributed by atoms with Crippen LogP contribution >= 0.6 is 11.6 Å². The van der Waals surface area contributed by atoms with E-state index in [1.165, 1.54) is 6.07 Å². The Bertz CT molecular complexity index is 519. The maximum absolute atomic E-state index is 13.7. The topological polar surface area (TPSA) is 43.8 Å². The minimum absolute atomic E-state index is 0.363. The molecule has 2 N–H and O–H groups in total. The lowest BCUT2D eigenvalue weighted by Crippen LogP contribution is -2.15. The van der Waals surface area contributed by atoms with Crippen molar-refractivity contribution in [2.75, 3.05) is 0 Å². The summed E-state index contributed by atoms with van der Waals surface area (Å²) in [6.45, 7) is 2.81. The van der Waals surface area contributed by atoms with E-state index in [2.05, 4.69) is 5.10 Å². The second-order valence-corrected chi connectivity index (χ2v) is 4.56. The highest BCUT2D eigenvalue weighted by molar-refractivity contribution is 6.31. The monoisotopic (exact) mass is 267 g/mol. The number of rotatable bonds is 4. The molecule has 0 aliphatic rings. The Balaban J connectivity index is 2.19. The van der Waals surface area contributed by atoms with Gasteiger partial charge in [-0.3, -0.25) is 4.68 Å². The van der Waals surface area contributed by atoms with Gasteiger partial charge in [0.15, 0.2) is 0 Å². The van der Waals surface area contributed by atoms with Crippen LogP contribution in [0.4, 0.5) is 4.39 Å². The number of nitrogens with two attached hydrogens (primary N) is 1. The summed E-state index contributed by atoms with van der Waals surface area (Å²) in [4.78, 5) is 0. The number of hydrogen-bond donors (Lipinski definition) is 1. The molecular formula is C13H15ClFN3. The number of halogens is 2. The van der Waals surface area contributed by atoms with Crippen LogP contribution in [-0.2, 0) is 13.0 Å². The van der Waals surface area contributed by atoms with Crippen LogP contribution in [-0.4, -0.2) is 9.78 Å². The molecule has 1 atom stereocenters. The molecule has 18 heavy (non-hydrogen) atoms. The number of aryl methyl sites for hydroxylation is 1. The third kappa shape index (κ3) is 2.71. The molecule has 0 fully saturated rings. The predicted molar refractivity (Wildman–Crippen MR) is 69.9 cm³/mol. The summed E-state index contributed by atoms with van der Waals surface area (Å²) in [5.74, 6) is -0.363. The molecule has 0 radical (unpaired) electrons. The van der Waals surface area contributed by atoms with Crippen LogP contribution in [0, 0.1) is 5.82 Å². The first-order valence-electron chi connectivity index (χ1n) is 5.82. The summed E-state index contributed by atoms with van der Waals surface area (Å²) >= 11 is 5.98. The highest BCUT2D eigenvalue weighted by Gasteiger charge is 2.16. The van der Waals surface area contributed by atoms with E-state index < -0.39 is 6.04 Å². The van der Waals surface area contributed by atoms with E-state index in [4.69, 9.17) is 17.3 Å². The first-order valence-corrected chi connectivity index (χ1v) is 6.20. The second-order valence-electron chi connectivity index (χ2n) is 4.15. The molecule has 0 aliphatic heterocycles. The van der Waals surface area contributed by atoms with Crippen molar-refractivity contribution in [1.82, 2.24) is 9.78 Å². The molecule has 1 heterocycles. The van der Waals surface area contributed by atoms with Gasteiger partial charge >= 0.3 is 0 Å². The molecule has 5 heteroatoms. The molecule has 0 saturated heterocycles. The molecule has 0 spiro atoms. The molecule has 1 aromatic carbocycles. The Morgan fingerprint density at radius 2 is 2.28 bits per heavy atom. The molecule has 0 saturated carbocycles. The summed E-state index contributed by atoms with van der Waals surface area (Å²) < 4.78 is 15.5. The average molecular weight is 268 g/mol. The van der Waals surface area contributed by atoms with E-state index in [0.717, 1.165) is 12.1 Å². The number of nitrogens with zero attached hydrogens (tertiary/aromatic N) is 2. The van der Waals surface area contributed by atoms with Crippen molar-refractivity contribution < 1.29 is 4.39 Å². The van der Waals surface area contributed by atoms with Crippen LogP contribution in [0.15, 0.2) is 30.6 Å². The van der Waals surface area contributed by atoms with Crippen molar-refractivity contribution >= 4 is 11.6 Å². The van der Waals surface area contributed by atoms with Crippen molar-refractivity contribution in [3.8, 4) is 0 Å². The predicted octanol–water partition coefficient (Wildman–Crippen LogP) is 2.94. The minimum Gasteiger partial charge on any atom is -0.324 e. The lowest BCUT2D eigenvalue weighted by molar-refractivity contribution is 0.580. The summed E-state index contributed by atoms with van der Waals surface area (Å²) in [6, 6.07) is 4.13. The van der Waals surface area contributed by atoms with Crippen molar-refractivity contribution in [1.29, 1.82) is 0 Å². The van der Waals surface area contributed by atoms with Crippen LogP contribution in [0.5, 0.6) is 0 Å². The molecule has 2 rings (SSSR count). The molecule has 0 bridgehead atoms. The molecule has 0 amide bonds. The van der Waals surface area contributed by atoms with Crippen LogP contribution in [0.3, 0.4) is 0 Å². The van der Waals surface area contributed by atoms with Gasteiger partial charge in [-0.05, 0) is 31.0 Å². The Kier molecular flexibility index (Phi) is 3.99. The normalized spacial score (nSPS) is 12.7. The van der Waals surface area contributed by atoms with Gasteiger partial charge in [-0.1, -0.05) is 17.7 Å². The number of aromatic nitrogens is 2. The second kappa shape index (κ2) is 5.50. The number of benzene rings is 1. The highest BCUT2D eigenvalue weighted by Crippen LogP contribution is 2.26. The Morgan fingerprint density at radius 3 is 2.89 bits per heavy atom. The quantitative estimate of drug-likeness (QED) is 0.926. The first kappa shape index (κ1) is 13.1. The van der Waals surface area contributed by atoms with Gasteiger partial charge in [-0.15, -0.1) is 0 Å². The molecular weight excluding hydrogens is 253 g/mol. The van der Waals surface area contributed by atoms with E-state index in [9.17, 15) is 4.39 Å². The maximum atomic E-state index is 13.7. The number of hydrogen-bond acceptors (Lipinski definition) is 2. The fraction of sp³-hybridized carbons (Fsp3) is 0.308. The summed E-state index contributed by atoms with van der Waals surface area (Å²) in [5.41, 5.74) is 7.36. The third-order valence-corrected chi connectivity index (χ3v) is 3.17. The SMILES string of the molecule is CCn1cc(CC(N)c2c(F)cccc2Cl)cn1. The van der Waals surface area contributed by atoms with Crippen LogP contribution in [0.2, 0.25) is 5.02 Å². The first-order chi connectivity index (χ1) is 8.61. The standard InChI is InChI=1S/C13H15ClFN3/c1-2-18-8-9(7-17-18)6-12(16)13-10(14)4-3-5-11(13)15/h3-5,7-8,12H,2,6,16H2,1H3. The van der Waals surface area contributed by atoms with Gasteiger partial charge in [-0.2, -0.15) is 5.10 Å². The minimum atomic E-state index is -0.465. The average Bonchev–Trinajstić information content (AvgIpc) is 2.76. The molecule has 2 aromatic rings. The van der Waals surface area contributed by atoms with Gasteiger partial charge in [-0.25, -0.2) is 4.39 Å². The fourth-order valence-electron chi connectivity index (χ4n) is 1.91. The van der Waals surface area contributed by atoms with Gasteiger partial charge in [0, 0.05) is 29.4 Å². The summed E-state index contributed by atoms with van der Waals surface area (Å²) in [6.07, 6.45) is 4.17. The summed E-state index contributed by atoms with van der Waals surface area (Å²) in [7, 11) is 0. The van der Waals surface area contributed by atoms with E-state index in [0.29, 0.717) is 17.0 Å². The Hall–Kier alpha value is -1.39. The molecule has 3 nitrogen and oxygen atoms in total. The zero-order valence-electron chi connectivity index (χ0n) is 10.1. The van der Waals surface area contributed by atoms with Gasteiger partial charge in [0.1, 0.15) is 5.82 Å². The van der Waals surface area contributed by atoms with E-state index >= 15 is 0 Å². The van der Waals surface area contributed by atoms with Gasteiger partial charge in [0.2, 0.25) is 0 Å². The van der Waals surface area contributed by atoms with Crippen molar-refractivity contribution in [2.24, 2.45) is 5.73 Å². The van der Waals surface area contributed by atoms with Crippen LogP contribution in [0.1, 0.15) is 24.1 Å². The fourth-order valence-corrected chi connectivity index (χ4v) is 2.21. The van der Waals surface area contributed by atoms with E-state index in [1.54, 1.807) is 18.3 Å². The zero-order chi connectivity index (χ0) is 13.1. The largest absolute Gasteiger partial charge is 0.324 e. The van der Waals surface area contributed by atoms with Gasteiger partial charge in [0.25, 0.3) is 0 Å². The van der Waals surface area contributed by atoms with Crippen LogP contribution < -0.4 is 5.73 Å². The van der Waals surface area contributed by atoms with Gasteiger partial charge < -0.3 is 5.73 Å². The van der Waals surface area contributed by atoms with Crippen molar-refractivity contribution in [2.45, 2.75) is 25.9 Å². The van der Waals surface area contributed by atoms with E-state index in [1.807, 2.05) is 17.8 Å². The van der Waals surface area contributed by atoms with Crippen molar-refractivity contribution in [3.05, 3.63) is 52.6 Å². The van der Waals surface area contributed by atoms with E-state index in [-0.39, 0.29) is 5.82 Å². The van der Waals surface area contributed by atoms with Crippen LogP contribution in [0.25, 0.3) is 0 Å². The van der Waals surface area contributed by atoms with Crippen molar-refractivity contribution in [3.63, 3.8) is 0 Å². The Labute approximate surface area is 110 Å². The van der Waals surface area contributed by atoms with Gasteiger partial charge in [0.05, 0.1) is 6.20 Å².